The summed E-state index contributed by atoms with van der Waals surface area (Å²) in [6.45, 7) is 8.32. The number of carbonyl (C=O) groups is 2. The maximum Gasteiger partial charge on any atom is 0.410 e. The van der Waals surface area contributed by atoms with Gasteiger partial charge in [0.1, 0.15) is 5.75 Å². The number of carbonyl (C=O) groups excluding carboxylic acids is 2. The number of benzene rings is 2. The molecule has 4 heterocycles. The van der Waals surface area contributed by atoms with Gasteiger partial charge in [0, 0.05) is 50.9 Å². The lowest BCUT2D eigenvalue weighted by Crippen LogP contribution is -2.86. The number of likely N-dealkylation sites (tertiary alicyclic amines) is 2. The number of hydrogen-bond acceptors (Lipinski definition) is 6. The molecule has 0 spiro atoms. The molecule has 9 nitrogen and oxygen atoms in total. The van der Waals surface area contributed by atoms with Gasteiger partial charge in [0.2, 0.25) is 0 Å². The number of quaternary nitrogens is 1. The van der Waals surface area contributed by atoms with E-state index in [4.69, 9.17) is 4.74 Å². The lowest BCUT2D eigenvalue weighted by atomic mass is 9.79. The summed E-state index contributed by atoms with van der Waals surface area (Å²) < 4.78 is 6.05. The number of rotatable bonds is 6. The standard InChI is InChI=1S/C35H49N5O4/c1-25-37-32-5-3-2-4-29(32)14-23-40(25)30-15-21-39(22-16-30)35(43)44-33(24-26-6-8-31(41)9-7-26)34(42)38-19-12-28(13-20-38)27-10-17-36-18-11-27/h2-9,25,27-28,30,33,36-37,41H,10-24H2,1H3/p+1. The number of phenols is 1. The SMILES string of the molecule is CC1Nc2ccccc2CCN1C1CCN(C(=O)OC(Cc2ccc(O)cc2)C(=O)N2CCC(C3CC[NH2+]CC3)CC2)CC1. The van der Waals surface area contributed by atoms with Crippen LogP contribution in [0.1, 0.15) is 56.6 Å². The fraction of sp³-hybridized carbons (Fsp3) is 0.600. The van der Waals surface area contributed by atoms with Crippen LogP contribution in [0.5, 0.6) is 5.75 Å². The Bertz CT molecular complexity index is 1250. The van der Waals surface area contributed by atoms with Gasteiger partial charge in [-0.1, -0.05) is 30.3 Å². The molecule has 2 amide bonds. The minimum Gasteiger partial charge on any atom is -0.508 e. The van der Waals surface area contributed by atoms with Crippen LogP contribution in [-0.4, -0.2) is 95.9 Å². The van der Waals surface area contributed by atoms with E-state index in [9.17, 15) is 14.7 Å². The molecule has 0 radical (unpaired) electrons. The molecule has 44 heavy (non-hydrogen) atoms. The normalized spacial score (nSPS) is 23.3. The molecule has 4 aliphatic rings. The molecule has 0 saturated carbocycles. The number of aromatic hydroxyl groups is 1. The summed E-state index contributed by atoms with van der Waals surface area (Å²) in [6, 6.07) is 15.8. The van der Waals surface area contributed by atoms with Gasteiger partial charge in [-0.3, -0.25) is 9.69 Å². The number of fused-ring (bicyclic) bond motifs is 1. The number of nitrogens with zero attached hydrogens (tertiary/aromatic N) is 3. The molecule has 2 atom stereocenters. The monoisotopic (exact) mass is 604 g/mol. The molecule has 2 aromatic carbocycles. The Kier molecular flexibility index (Phi) is 9.92. The van der Waals surface area contributed by atoms with Gasteiger partial charge in [0.05, 0.1) is 19.3 Å². The van der Waals surface area contributed by atoms with Crippen LogP contribution in [0.4, 0.5) is 10.5 Å². The highest BCUT2D eigenvalue weighted by Crippen LogP contribution is 2.31. The first-order valence-electron chi connectivity index (χ1n) is 16.9. The number of nitrogens with two attached hydrogens (primary N) is 1. The van der Waals surface area contributed by atoms with Crippen molar-refractivity contribution in [2.45, 2.75) is 76.6 Å². The molecular formula is C35H50N5O4+. The van der Waals surface area contributed by atoms with Crippen molar-refractivity contribution < 1.29 is 24.7 Å². The fourth-order valence-electron chi connectivity index (χ4n) is 7.95. The second-order valence-electron chi connectivity index (χ2n) is 13.3. The summed E-state index contributed by atoms with van der Waals surface area (Å²) in [5, 5.41) is 15.9. The molecule has 3 fully saturated rings. The number of phenolic OH excluding ortho intramolecular Hbond substituents is 1. The Hall–Kier alpha value is -3.30. The van der Waals surface area contributed by atoms with Crippen LogP contribution >= 0.6 is 0 Å². The summed E-state index contributed by atoms with van der Waals surface area (Å²) in [7, 11) is 0. The van der Waals surface area contributed by atoms with Crippen molar-refractivity contribution >= 4 is 17.7 Å². The highest BCUT2D eigenvalue weighted by molar-refractivity contribution is 5.84. The lowest BCUT2D eigenvalue weighted by molar-refractivity contribution is -0.665. The first-order chi connectivity index (χ1) is 21.4. The van der Waals surface area contributed by atoms with E-state index in [0.717, 1.165) is 63.2 Å². The Morgan fingerprint density at radius 3 is 2.27 bits per heavy atom. The van der Waals surface area contributed by atoms with Crippen molar-refractivity contribution in [1.29, 1.82) is 0 Å². The third-order valence-electron chi connectivity index (χ3n) is 10.6. The fourth-order valence-corrected chi connectivity index (χ4v) is 7.95. The van der Waals surface area contributed by atoms with E-state index in [0.29, 0.717) is 31.5 Å². The Morgan fingerprint density at radius 2 is 1.55 bits per heavy atom. The zero-order valence-electron chi connectivity index (χ0n) is 26.2. The molecule has 9 heteroatoms. The number of nitrogens with one attached hydrogen (secondary N) is 1. The third kappa shape index (κ3) is 7.32. The maximum atomic E-state index is 13.9. The Balaban J connectivity index is 1.05. The second-order valence-corrected chi connectivity index (χ2v) is 13.3. The van der Waals surface area contributed by atoms with Gasteiger partial charge in [-0.25, -0.2) is 4.79 Å². The lowest BCUT2D eigenvalue weighted by Gasteiger charge is -2.41. The minimum absolute atomic E-state index is 0.0965. The molecular weight excluding hydrogens is 554 g/mol. The highest BCUT2D eigenvalue weighted by Gasteiger charge is 2.36. The smallest absolute Gasteiger partial charge is 0.410 e. The zero-order valence-corrected chi connectivity index (χ0v) is 26.2. The van der Waals surface area contributed by atoms with Gasteiger partial charge in [-0.15, -0.1) is 0 Å². The van der Waals surface area contributed by atoms with E-state index in [2.05, 4.69) is 46.7 Å². The third-order valence-corrected chi connectivity index (χ3v) is 10.6. The van der Waals surface area contributed by atoms with Gasteiger partial charge < -0.3 is 30.3 Å². The van der Waals surface area contributed by atoms with Gasteiger partial charge >= 0.3 is 6.09 Å². The van der Waals surface area contributed by atoms with Crippen LogP contribution in [0.25, 0.3) is 0 Å². The molecule has 0 aliphatic carbocycles. The van der Waals surface area contributed by atoms with Gasteiger partial charge in [0.15, 0.2) is 6.10 Å². The molecule has 3 saturated heterocycles. The molecule has 6 rings (SSSR count). The molecule has 0 bridgehead atoms. The van der Waals surface area contributed by atoms with E-state index in [1.54, 1.807) is 29.2 Å². The predicted molar refractivity (Wildman–Crippen MR) is 170 cm³/mol. The van der Waals surface area contributed by atoms with Gasteiger partial charge in [-0.2, -0.15) is 0 Å². The Morgan fingerprint density at radius 1 is 0.886 bits per heavy atom. The van der Waals surface area contributed by atoms with Crippen LogP contribution < -0.4 is 10.6 Å². The number of piperidine rings is 3. The van der Waals surface area contributed by atoms with E-state index in [1.807, 2.05) is 4.90 Å². The van der Waals surface area contributed by atoms with Crippen molar-refractivity contribution in [3.05, 3.63) is 59.7 Å². The zero-order chi connectivity index (χ0) is 30.5. The molecule has 4 aliphatic heterocycles. The molecule has 2 aromatic rings. The minimum atomic E-state index is -0.876. The number of amides is 2. The Labute approximate surface area is 261 Å². The van der Waals surface area contributed by atoms with Crippen molar-refractivity contribution in [2.75, 3.05) is 51.1 Å². The summed E-state index contributed by atoms with van der Waals surface area (Å²) in [6.07, 6.45) is 6.61. The first kappa shape index (κ1) is 30.7. The second kappa shape index (κ2) is 14.2. The van der Waals surface area contributed by atoms with Crippen LogP contribution in [0.2, 0.25) is 0 Å². The number of hydrogen-bond donors (Lipinski definition) is 3. The maximum absolute atomic E-state index is 13.9. The first-order valence-corrected chi connectivity index (χ1v) is 16.9. The number of ether oxygens (including phenoxy) is 1. The topological polar surface area (TPSA) is 102 Å². The molecule has 4 N–H and O–H groups in total. The van der Waals surface area contributed by atoms with Crippen LogP contribution in [0, 0.1) is 11.8 Å². The molecule has 2 unspecified atom stereocenters. The van der Waals surface area contributed by atoms with Crippen molar-refractivity contribution in [3.8, 4) is 5.75 Å². The summed E-state index contributed by atoms with van der Waals surface area (Å²) in [5.74, 6) is 1.54. The average Bonchev–Trinajstić information content (AvgIpc) is 3.23. The quantitative estimate of drug-likeness (QED) is 0.467. The van der Waals surface area contributed by atoms with Gasteiger partial charge in [0.25, 0.3) is 5.91 Å². The van der Waals surface area contributed by atoms with Crippen molar-refractivity contribution in [1.82, 2.24) is 14.7 Å². The van der Waals surface area contributed by atoms with Crippen molar-refractivity contribution in [3.63, 3.8) is 0 Å². The highest BCUT2D eigenvalue weighted by atomic mass is 16.6. The van der Waals surface area contributed by atoms with Gasteiger partial charge in [-0.05, 0) is 93.0 Å². The predicted octanol–water partition coefficient (Wildman–Crippen LogP) is 3.43. The van der Waals surface area contributed by atoms with E-state index in [-0.39, 0.29) is 17.8 Å². The summed E-state index contributed by atoms with van der Waals surface area (Å²) in [5.41, 5.74) is 3.43. The summed E-state index contributed by atoms with van der Waals surface area (Å²) >= 11 is 0. The number of anilines is 1. The number of para-hydroxylation sites is 1. The van der Waals surface area contributed by atoms with Crippen LogP contribution in [0.3, 0.4) is 0 Å². The molecule has 238 valence electrons. The molecule has 0 aromatic heterocycles. The average molecular weight is 605 g/mol. The van der Waals surface area contributed by atoms with E-state index < -0.39 is 12.2 Å². The summed E-state index contributed by atoms with van der Waals surface area (Å²) in [4.78, 5) is 33.6. The largest absolute Gasteiger partial charge is 0.508 e. The van der Waals surface area contributed by atoms with E-state index in [1.165, 1.54) is 37.2 Å². The van der Waals surface area contributed by atoms with E-state index >= 15 is 0 Å². The van der Waals surface area contributed by atoms with Crippen LogP contribution in [0.15, 0.2) is 48.5 Å². The van der Waals surface area contributed by atoms with Crippen molar-refractivity contribution in [2.24, 2.45) is 11.8 Å². The van der Waals surface area contributed by atoms with Crippen LogP contribution in [-0.2, 0) is 22.4 Å².